The van der Waals surface area contributed by atoms with E-state index in [-0.39, 0.29) is 18.5 Å². The highest BCUT2D eigenvalue weighted by molar-refractivity contribution is 7.09. The summed E-state index contributed by atoms with van der Waals surface area (Å²) in [6, 6.07) is 3.50. The Bertz CT molecular complexity index is 636. The maximum Gasteiger partial charge on any atom is 0.409 e. The molecule has 8 nitrogen and oxygen atoms in total. The third-order valence-corrected chi connectivity index (χ3v) is 5.18. The number of carbonyl (C=O) groups excluding carboxylic acids is 3. The molecule has 1 aliphatic heterocycles. The van der Waals surface area contributed by atoms with Crippen LogP contribution in [0.4, 0.5) is 9.59 Å². The lowest BCUT2D eigenvalue weighted by atomic mass is 10.2. The van der Waals surface area contributed by atoms with Crippen molar-refractivity contribution in [3.05, 3.63) is 22.4 Å². The van der Waals surface area contributed by atoms with Gasteiger partial charge < -0.3 is 15.0 Å². The van der Waals surface area contributed by atoms with Gasteiger partial charge in [0.2, 0.25) is 5.91 Å². The Morgan fingerprint density at radius 3 is 2.75 bits per heavy atom. The fourth-order valence-corrected chi connectivity index (χ4v) is 3.52. The number of ether oxygens (including phenoxy) is 1. The third-order valence-electron chi connectivity index (χ3n) is 4.24. The first-order chi connectivity index (χ1) is 13.4. The van der Waals surface area contributed by atoms with E-state index in [2.05, 4.69) is 10.6 Å². The highest BCUT2D eigenvalue weighted by atomic mass is 32.1. The fraction of sp³-hybridized carbons (Fsp3) is 0.632. The van der Waals surface area contributed by atoms with Crippen LogP contribution in [-0.2, 0) is 16.0 Å². The Morgan fingerprint density at radius 1 is 1.21 bits per heavy atom. The molecule has 1 fully saturated rings. The fourth-order valence-electron chi connectivity index (χ4n) is 2.81. The second-order valence-corrected chi connectivity index (χ2v) is 8.25. The lowest BCUT2D eigenvalue weighted by Crippen LogP contribution is -2.45. The number of imide groups is 1. The molecule has 0 atom stereocenters. The van der Waals surface area contributed by atoms with Crippen molar-refractivity contribution in [2.45, 2.75) is 26.7 Å². The summed E-state index contributed by atoms with van der Waals surface area (Å²) in [5.74, 6) is -0.0444. The molecule has 9 heteroatoms. The van der Waals surface area contributed by atoms with Gasteiger partial charge in [-0.05, 0) is 30.2 Å². The van der Waals surface area contributed by atoms with Crippen LogP contribution >= 0.6 is 11.3 Å². The largest absolute Gasteiger partial charge is 0.449 e. The Kier molecular flexibility index (Phi) is 9.22. The summed E-state index contributed by atoms with van der Waals surface area (Å²) in [4.78, 5) is 40.8. The van der Waals surface area contributed by atoms with Gasteiger partial charge in [0.05, 0.1) is 13.2 Å². The molecule has 0 aliphatic carbocycles. The lowest BCUT2D eigenvalue weighted by Gasteiger charge is -2.21. The van der Waals surface area contributed by atoms with Gasteiger partial charge in [0.1, 0.15) is 0 Å². The minimum Gasteiger partial charge on any atom is -0.449 e. The van der Waals surface area contributed by atoms with E-state index in [0.29, 0.717) is 45.2 Å². The van der Waals surface area contributed by atoms with Gasteiger partial charge >= 0.3 is 12.1 Å². The van der Waals surface area contributed by atoms with Crippen LogP contribution in [-0.4, -0.2) is 73.7 Å². The molecule has 1 aliphatic rings. The summed E-state index contributed by atoms with van der Waals surface area (Å²) in [6.45, 7) is 7.40. The molecule has 0 radical (unpaired) electrons. The van der Waals surface area contributed by atoms with Crippen molar-refractivity contribution in [3.63, 3.8) is 0 Å². The topological polar surface area (TPSA) is 91.0 Å². The van der Waals surface area contributed by atoms with Crippen molar-refractivity contribution in [3.8, 4) is 0 Å². The molecule has 1 aromatic rings. The van der Waals surface area contributed by atoms with E-state index in [0.717, 1.165) is 12.8 Å². The molecule has 2 N–H and O–H groups in total. The van der Waals surface area contributed by atoms with Crippen LogP contribution in [0.25, 0.3) is 0 Å². The zero-order valence-electron chi connectivity index (χ0n) is 16.6. The quantitative estimate of drug-likeness (QED) is 0.717. The second-order valence-electron chi connectivity index (χ2n) is 7.22. The normalized spacial score (nSPS) is 15.2. The standard InChI is InChI=1S/C19H30N4O4S/c1-15(2)14-27-19(26)23-9-4-8-22(10-11-23)13-17(24)21-18(25)20-7-6-16-5-3-12-28-16/h3,5,12,15H,4,6-11,13-14H2,1-2H3,(H2,20,21,24,25). The molecule has 1 aromatic heterocycles. The number of nitrogens with zero attached hydrogens (tertiary/aromatic N) is 2. The summed E-state index contributed by atoms with van der Waals surface area (Å²) >= 11 is 1.64. The van der Waals surface area contributed by atoms with E-state index in [1.807, 2.05) is 36.3 Å². The van der Waals surface area contributed by atoms with Crippen LogP contribution in [0, 0.1) is 5.92 Å². The summed E-state index contributed by atoms with van der Waals surface area (Å²) in [5, 5.41) is 7.05. The van der Waals surface area contributed by atoms with E-state index in [9.17, 15) is 14.4 Å². The second kappa shape index (κ2) is 11.7. The molecule has 4 amide bonds. The first kappa shape index (κ1) is 22.2. The van der Waals surface area contributed by atoms with Crippen LogP contribution in [0.1, 0.15) is 25.1 Å². The Labute approximate surface area is 170 Å². The van der Waals surface area contributed by atoms with E-state index < -0.39 is 6.03 Å². The van der Waals surface area contributed by atoms with E-state index in [1.165, 1.54) is 4.88 Å². The number of amides is 4. The van der Waals surface area contributed by atoms with Gasteiger partial charge in [-0.2, -0.15) is 0 Å². The smallest absolute Gasteiger partial charge is 0.409 e. The van der Waals surface area contributed by atoms with Gasteiger partial charge in [0, 0.05) is 37.6 Å². The van der Waals surface area contributed by atoms with Gasteiger partial charge in [-0.25, -0.2) is 9.59 Å². The number of hydrogen-bond donors (Lipinski definition) is 2. The summed E-state index contributed by atoms with van der Waals surface area (Å²) in [6.07, 6.45) is 1.20. The molecule has 0 spiro atoms. The minimum atomic E-state index is -0.477. The zero-order chi connectivity index (χ0) is 20.4. The average Bonchev–Trinajstić information content (AvgIpc) is 3.04. The van der Waals surface area contributed by atoms with E-state index in [4.69, 9.17) is 4.74 Å². The van der Waals surface area contributed by atoms with Crippen molar-refractivity contribution in [2.75, 3.05) is 45.9 Å². The van der Waals surface area contributed by atoms with Crippen molar-refractivity contribution in [1.82, 2.24) is 20.4 Å². The van der Waals surface area contributed by atoms with Crippen molar-refractivity contribution in [1.29, 1.82) is 0 Å². The predicted octanol–water partition coefficient (Wildman–Crippen LogP) is 1.92. The summed E-state index contributed by atoms with van der Waals surface area (Å²) in [7, 11) is 0. The van der Waals surface area contributed by atoms with Crippen LogP contribution in [0.5, 0.6) is 0 Å². The maximum atomic E-state index is 12.1. The molecule has 156 valence electrons. The van der Waals surface area contributed by atoms with Crippen molar-refractivity contribution >= 4 is 29.4 Å². The molecule has 0 bridgehead atoms. The molecule has 1 saturated heterocycles. The Morgan fingerprint density at radius 2 is 2.04 bits per heavy atom. The molecule has 0 aromatic carbocycles. The Hall–Kier alpha value is -2.13. The molecule has 0 unspecified atom stereocenters. The average molecular weight is 411 g/mol. The van der Waals surface area contributed by atoms with Gasteiger partial charge in [-0.3, -0.25) is 15.0 Å². The van der Waals surface area contributed by atoms with Crippen molar-refractivity contribution < 1.29 is 19.1 Å². The number of rotatable bonds is 7. The van der Waals surface area contributed by atoms with E-state index >= 15 is 0 Å². The number of hydrogen-bond acceptors (Lipinski definition) is 6. The summed E-state index contributed by atoms with van der Waals surface area (Å²) in [5.41, 5.74) is 0. The first-order valence-corrected chi connectivity index (χ1v) is 10.6. The monoisotopic (exact) mass is 410 g/mol. The predicted molar refractivity (Wildman–Crippen MR) is 108 cm³/mol. The van der Waals surface area contributed by atoms with Gasteiger partial charge in [-0.15, -0.1) is 11.3 Å². The maximum absolute atomic E-state index is 12.1. The van der Waals surface area contributed by atoms with Crippen LogP contribution in [0.2, 0.25) is 0 Å². The van der Waals surface area contributed by atoms with Crippen molar-refractivity contribution in [2.24, 2.45) is 5.92 Å². The molecule has 28 heavy (non-hydrogen) atoms. The number of thiophene rings is 1. The highest BCUT2D eigenvalue weighted by Gasteiger charge is 2.22. The summed E-state index contributed by atoms with van der Waals surface area (Å²) < 4.78 is 5.27. The number of urea groups is 1. The Balaban J connectivity index is 1.64. The lowest BCUT2D eigenvalue weighted by molar-refractivity contribution is -0.121. The van der Waals surface area contributed by atoms with E-state index in [1.54, 1.807) is 16.2 Å². The molecule has 2 rings (SSSR count). The van der Waals surface area contributed by atoms with Gasteiger partial charge in [0.15, 0.2) is 0 Å². The van der Waals surface area contributed by atoms with Crippen LogP contribution < -0.4 is 10.6 Å². The third kappa shape index (κ3) is 8.26. The molecular formula is C19H30N4O4S. The SMILES string of the molecule is CC(C)COC(=O)N1CCCN(CC(=O)NC(=O)NCCc2cccs2)CC1. The van der Waals surface area contributed by atoms with Gasteiger partial charge in [0.25, 0.3) is 0 Å². The van der Waals surface area contributed by atoms with Crippen LogP contribution in [0.3, 0.4) is 0 Å². The highest BCUT2D eigenvalue weighted by Crippen LogP contribution is 2.08. The first-order valence-electron chi connectivity index (χ1n) is 9.68. The number of nitrogens with one attached hydrogen (secondary N) is 2. The zero-order valence-corrected chi connectivity index (χ0v) is 17.4. The molecule has 0 saturated carbocycles. The van der Waals surface area contributed by atoms with Gasteiger partial charge in [-0.1, -0.05) is 19.9 Å². The minimum absolute atomic E-state index is 0.132. The van der Waals surface area contributed by atoms with Crippen LogP contribution in [0.15, 0.2) is 17.5 Å². The molecular weight excluding hydrogens is 380 g/mol. The number of carbonyl (C=O) groups is 3. The molecule has 2 heterocycles.